The fraction of sp³-hybridized carbons (Fsp3) is 0.429. The molecule has 0 saturated carbocycles. The van der Waals surface area contributed by atoms with E-state index in [1.165, 1.54) is 6.07 Å². The number of halogens is 2. The predicted octanol–water partition coefficient (Wildman–Crippen LogP) is 6.60. The van der Waals surface area contributed by atoms with Crippen molar-refractivity contribution in [3.05, 3.63) is 88.1 Å². The van der Waals surface area contributed by atoms with Gasteiger partial charge in [-0.3, -0.25) is 4.90 Å². The van der Waals surface area contributed by atoms with Crippen LogP contribution in [-0.4, -0.2) is 56.8 Å². The number of pyridine rings is 1. The molecule has 0 amide bonds. The van der Waals surface area contributed by atoms with Crippen molar-refractivity contribution in [2.45, 2.75) is 76.9 Å². The van der Waals surface area contributed by atoms with Crippen LogP contribution in [0.2, 0.25) is 5.02 Å². The maximum atomic E-state index is 14.2. The number of benzene rings is 2. The smallest absolute Gasteiger partial charge is 0.338 e. The van der Waals surface area contributed by atoms with Gasteiger partial charge >= 0.3 is 5.97 Å². The fourth-order valence-electron chi connectivity index (χ4n) is 5.86. The maximum absolute atomic E-state index is 14.2. The molecule has 0 spiro atoms. The Morgan fingerprint density at radius 2 is 1.93 bits per heavy atom. The molecule has 11 heteroatoms. The third-order valence-electron chi connectivity index (χ3n) is 8.53. The lowest BCUT2D eigenvalue weighted by Gasteiger charge is -2.37. The van der Waals surface area contributed by atoms with Crippen molar-refractivity contribution in [3.63, 3.8) is 0 Å². The Bertz CT molecular complexity index is 1780. The quantitative estimate of drug-likeness (QED) is 0.188. The first kappa shape index (κ1) is 31.9. The number of hydrogen-bond donors (Lipinski definition) is 0. The van der Waals surface area contributed by atoms with Gasteiger partial charge in [0.15, 0.2) is 0 Å². The Labute approximate surface area is 272 Å². The number of likely N-dealkylation sites (tertiary alicyclic amines) is 1. The van der Waals surface area contributed by atoms with E-state index < -0.39 is 16.8 Å². The molecule has 1 unspecified atom stereocenters. The normalized spacial score (nSPS) is 18.1. The van der Waals surface area contributed by atoms with Crippen LogP contribution in [0.3, 0.4) is 0 Å². The minimum absolute atomic E-state index is 0.00104. The number of fused-ring (bicyclic) bond motifs is 1. The Balaban J connectivity index is 1.17. The lowest BCUT2D eigenvalue weighted by molar-refractivity contribution is -0.0592. The summed E-state index contributed by atoms with van der Waals surface area (Å²) in [4.78, 5) is 24.8. The minimum Gasteiger partial charge on any atom is -0.473 e. The maximum Gasteiger partial charge on any atom is 0.338 e. The molecule has 0 aliphatic carbocycles. The zero-order chi connectivity index (χ0) is 32.5. The Morgan fingerprint density at radius 1 is 1.15 bits per heavy atom. The second-order valence-electron chi connectivity index (χ2n) is 13.0. The van der Waals surface area contributed by atoms with Crippen LogP contribution in [0.15, 0.2) is 54.6 Å². The molecule has 9 nitrogen and oxygen atoms in total. The summed E-state index contributed by atoms with van der Waals surface area (Å²) < 4.78 is 33.6. The van der Waals surface area contributed by atoms with Gasteiger partial charge in [0, 0.05) is 36.3 Å². The predicted molar refractivity (Wildman–Crippen MR) is 171 cm³/mol. The van der Waals surface area contributed by atoms with Gasteiger partial charge in [-0.15, -0.1) is 0 Å². The number of imidazole rings is 1. The second-order valence-corrected chi connectivity index (χ2v) is 13.4. The molecule has 2 aliphatic heterocycles. The summed E-state index contributed by atoms with van der Waals surface area (Å²) in [6.45, 7) is 8.88. The third-order valence-corrected chi connectivity index (χ3v) is 8.77. The summed E-state index contributed by atoms with van der Waals surface area (Å²) in [5.41, 5.74) is 1.82. The standard InChI is InChI=1S/C35H37ClFN5O4/c1-34(2,3)46-33(43)23-8-10-28-29(17-23)42(19-26-11-16-44-26)31(39-28)20-41-14-12-35(22-38,13-15-41)30-5-4-6-32(40-30)45-21-24-7-9-25(36)18-27(24)37/h4-10,17-18,26H,11-16,19-21H2,1-3H3. The number of nitriles is 1. The molecule has 4 aromatic rings. The highest BCUT2D eigenvalue weighted by molar-refractivity contribution is 6.30. The monoisotopic (exact) mass is 645 g/mol. The summed E-state index contributed by atoms with van der Waals surface area (Å²) in [7, 11) is 0. The number of carbonyl (C=O) groups excluding carboxylic acids is 1. The first-order chi connectivity index (χ1) is 22.0. The largest absolute Gasteiger partial charge is 0.473 e. The number of rotatable bonds is 9. The molecule has 0 bridgehead atoms. The number of aromatic nitrogens is 3. The van der Waals surface area contributed by atoms with E-state index in [2.05, 4.69) is 20.5 Å². The second kappa shape index (κ2) is 13.0. The van der Waals surface area contributed by atoms with Crippen molar-refractivity contribution >= 4 is 28.6 Å². The van der Waals surface area contributed by atoms with Gasteiger partial charge in [0.25, 0.3) is 0 Å². The molecule has 1 atom stereocenters. The minimum atomic E-state index is -0.774. The molecule has 6 rings (SSSR count). The number of esters is 1. The highest BCUT2D eigenvalue weighted by Gasteiger charge is 2.38. The van der Waals surface area contributed by atoms with Crippen LogP contribution in [0.4, 0.5) is 4.39 Å². The highest BCUT2D eigenvalue weighted by atomic mass is 35.5. The van der Waals surface area contributed by atoms with Gasteiger partial charge < -0.3 is 18.8 Å². The summed E-state index contributed by atoms with van der Waals surface area (Å²) in [5, 5.41) is 10.7. The van der Waals surface area contributed by atoms with Crippen molar-refractivity contribution in [3.8, 4) is 11.9 Å². The number of piperidine rings is 1. The van der Waals surface area contributed by atoms with E-state index in [4.69, 9.17) is 30.8 Å². The number of hydrogen-bond acceptors (Lipinski definition) is 8. The van der Waals surface area contributed by atoms with Crippen LogP contribution in [-0.2, 0) is 34.6 Å². The zero-order valence-corrected chi connectivity index (χ0v) is 27.0. The van der Waals surface area contributed by atoms with E-state index in [-0.39, 0.29) is 18.7 Å². The molecule has 0 N–H and O–H groups in total. The van der Waals surface area contributed by atoms with Crippen molar-refractivity contribution in [2.75, 3.05) is 19.7 Å². The van der Waals surface area contributed by atoms with E-state index in [1.54, 1.807) is 24.3 Å². The van der Waals surface area contributed by atoms with E-state index in [0.29, 0.717) is 66.7 Å². The van der Waals surface area contributed by atoms with Gasteiger partial charge in [-0.2, -0.15) is 5.26 Å². The SMILES string of the molecule is CC(C)(C)OC(=O)c1ccc2nc(CN3CCC(C#N)(c4cccc(OCc5ccc(Cl)cc5F)n4)CC3)n(CC3CCO3)c2c1. The first-order valence-electron chi connectivity index (χ1n) is 15.5. The molecule has 2 saturated heterocycles. The van der Waals surface area contributed by atoms with E-state index in [9.17, 15) is 14.4 Å². The van der Waals surface area contributed by atoms with Crippen molar-refractivity contribution in [1.82, 2.24) is 19.4 Å². The number of carbonyl (C=O) groups is 1. The van der Waals surface area contributed by atoms with Gasteiger partial charge in [-0.25, -0.2) is 19.2 Å². The van der Waals surface area contributed by atoms with Crippen LogP contribution in [0.1, 0.15) is 67.5 Å². The first-order valence-corrected chi connectivity index (χ1v) is 15.9. The van der Waals surface area contributed by atoms with Crippen LogP contribution in [0, 0.1) is 17.1 Å². The van der Waals surface area contributed by atoms with Gasteiger partial charge in [0.1, 0.15) is 29.3 Å². The molecular formula is C35H37ClFN5O4. The van der Waals surface area contributed by atoms with Gasteiger partial charge in [-0.1, -0.05) is 23.7 Å². The summed E-state index contributed by atoms with van der Waals surface area (Å²) in [6, 6.07) is 17.9. The average molecular weight is 646 g/mol. The van der Waals surface area contributed by atoms with Gasteiger partial charge in [-0.05, 0) is 76.4 Å². The Kier molecular flexibility index (Phi) is 9.01. The third kappa shape index (κ3) is 7.02. The summed E-state index contributed by atoms with van der Waals surface area (Å²) in [6.07, 6.45) is 2.25. The summed E-state index contributed by atoms with van der Waals surface area (Å²) >= 11 is 5.86. The molecular weight excluding hydrogens is 609 g/mol. The lowest BCUT2D eigenvalue weighted by atomic mass is 9.76. The zero-order valence-electron chi connectivity index (χ0n) is 26.3. The highest BCUT2D eigenvalue weighted by Crippen LogP contribution is 2.36. The molecule has 240 valence electrons. The van der Waals surface area contributed by atoms with Crippen LogP contribution in [0.5, 0.6) is 5.88 Å². The van der Waals surface area contributed by atoms with E-state index in [1.807, 2.05) is 45.0 Å². The number of nitrogens with zero attached hydrogens (tertiary/aromatic N) is 5. The van der Waals surface area contributed by atoms with Crippen LogP contribution in [0.25, 0.3) is 11.0 Å². The molecule has 2 aliphatic rings. The molecule has 2 aromatic heterocycles. The van der Waals surface area contributed by atoms with Crippen LogP contribution >= 0.6 is 11.6 Å². The lowest BCUT2D eigenvalue weighted by Crippen LogP contribution is -2.42. The number of ether oxygens (including phenoxy) is 3. The van der Waals surface area contributed by atoms with Crippen molar-refractivity contribution in [1.29, 1.82) is 5.26 Å². The topological polar surface area (TPSA) is 103 Å². The van der Waals surface area contributed by atoms with E-state index in [0.717, 1.165) is 29.9 Å². The van der Waals surface area contributed by atoms with Crippen molar-refractivity contribution < 1.29 is 23.4 Å². The van der Waals surface area contributed by atoms with E-state index >= 15 is 0 Å². The summed E-state index contributed by atoms with van der Waals surface area (Å²) in [5.74, 6) is 0.412. The van der Waals surface area contributed by atoms with Crippen molar-refractivity contribution in [2.24, 2.45) is 0 Å². The average Bonchev–Trinajstić information content (AvgIpc) is 3.34. The van der Waals surface area contributed by atoms with Gasteiger partial charge in [0.05, 0.1) is 47.6 Å². The Hall–Kier alpha value is -4.04. The van der Waals surface area contributed by atoms with Crippen LogP contribution < -0.4 is 4.74 Å². The fourth-order valence-corrected chi connectivity index (χ4v) is 6.02. The molecule has 46 heavy (non-hydrogen) atoms. The van der Waals surface area contributed by atoms with Gasteiger partial charge in [0.2, 0.25) is 5.88 Å². The molecule has 2 fully saturated rings. The molecule has 0 radical (unpaired) electrons. The molecule has 4 heterocycles. The Morgan fingerprint density at radius 3 is 2.61 bits per heavy atom. The molecule has 2 aromatic carbocycles.